The van der Waals surface area contributed by atoms with Gasteiger partial charge in [0, 0.05) is 24.8 Å². The number of anilines is 1. The van der Waals surface area contributed by atoms with Crippen molar-refractivity contribution in [1.29, 1.82) is 0 Å². The van der Waals surface area contributed by atoms with Crippen LogP contribution >= 0.6 is 0 Å². The molecule has 1 fully saturated rings. The summed E-state index contributed by atoms with van der Waals surface area (Å²) in [6, 6.07) is 9.63. The van der Waals surface area contributed by atoms with Gasteiger partial charge < -0.3 is 10.0 Å². The largest absolute Gasteiger partial charge is 0.477 e. The van der Waals surface area contributed by atoms with E-state index in [9.17, 15) is 9.90 Å². The van der Waals surface area contributed by atoms with E-state index in [4.69, 9.17) is 0 Å². The minimum absolute atomic E-state index is 0.175. The molecule has 1 aromatic carbocycles. The van der Waals surface area contributed by atoms with E-state index >= 15 is 0 Å². The van der Waals surface area contributed by atoms with Crippen LogP contribution in [0.3, 0.4) is 0 Å². The Bertz CT molecular complexity index is 665. The molecule has 5 heteroatoms. The van der Waals surface area contributed by atoms with Crippen molar-refractivity contribution in [2.45, 2.75) is 19.8 Å². The smallest absolute Gasteiger partial charge is 0.341 e. The Balaban J connectivity index is 2.00. The van der Waals surface area contributed by atoms with E-state index in [-0.39, 0.29) is 5.56 Å². The molecule has 114 valence electrons. The highest BCUT2D eigenvalue weighted by Gasteiger charge is 2.23. The monoisotopic (exact) mass is 297 g/mol. The molecule has 1 aliphatic rings. The van der Waals surface area contributed by atoms with Crippen molar-refractivity contribution in [2.24, 2.45) is 5.92 Å². The van der Waals surface area contributed by atoms with Crippen molar-refractivity contribution in [1.82, 2.24) is 9.97 Å². The lowest BCUT2D eigenvalue weighted by molar-refractivity contribution is 0.0696. The maximum absolute atomic E-state index is 11.5. The zero-order valence-corrected chi connectivity index (χ0v) is 12.6. The van der Waals surface area contributed by atoms with Gasteiger partial charge in [0.15, 0.2) is 5.82 Å². The molecular formula is C17H19N3O2. The summed E-state index contributed by atoms with van der Waals surface area (Å²) in [5.41, 5.74) is 1.07. The molecule has 2 heterocycles. The first-order valence-corrected chi connectivity index (χ1v) is 7.56. The SMILES string of the molecule is CC1CCN(c2nc(-c3ccccc3)ncc2C(=O)O)CC1. The Morgan fingerprint density at radius 1 is 1.23 bits per heavy atom. The van der Waals surface area contributed by atoms with Crippen LogP contribution in [0.2, 0.25) is 0 Å². The summed E-state index contributed by atoms with van der Waals surface area (Å²) in [5, 5.41) is 9.40. The van der Waals surface area contributed by atoms with Gasteiger partial charge in [0.2, 0.25) is 0 Å². The molecule has 0 saturated carbocycles. The van der Waals surface area contributed by atoms with Crippen LogP contribution in [0.25, 0.3) is 11.4 Å². The van der Waals surface area contributed by atoms with Gasteiger partial charge in [-0.25, -0.2) is 14.8 Å². The summed E-state index contributed by atoms with van der Waals surface area (Å²) < 4.78 is 0. The predicted octanol–water partition coefficient (Wildman–Crippen LogP) is 3.08. The van der Waals surface area contributed by atoms with Crippen LogP contribution < -0.4 is 4.90 Å². The molecule has 3 rings (SSSR count). The maximum atomic E-state index is 11.5. The molecule has 1 saturated heterocycles. The number of hydrogen-bond acceptors (Lipinski definition) is 4. The lowest BCUT2D eigenvalue weighted by Gasteiger charge is -2.32. The number of piperidine rings is 1. The molecule has 1 N–H and O–H groups in total. The maximum Gasteiger partial charge on any atom is 0.341 e. The number of rotatable bonds is 3. The lowest BCUT2D eigenvalue weighted by atomic mass is 9.99. The standard InChI is InChI=1S/C17H19N3O2/c1-12-7-9-20(10-8-12)16-14(17(21)22)11-18-15(19-16)13-5-3-2-4-6-13/h2-6,11-12H,7-10H2,1H3,(H,21,22). The van der Waals surface area contributed by atoms with Crippen molar-refractivity contribution in [3.05, 3.63) is 42.1 Å². The fraction of sp³-hybridized carbons (Fsp3) is 0.353. The summed E-state index contributed by atoms with van der Waals surface area (Å²) in [6.45, 7) is 3.91. The third kappa shape index (κ3) is 2.93. The van der Waals surface area contributed by atoms with Gasteiger partial charge in [-0.05, 0) is 18.8 Å². The van der Waals surface area contributed by atoms with Crippen molar-refractivity contribution in [2.75, 3.05) is 18.0 Å². The van der Waals surface area contributed by atoms with Gasteiger partial charge >= 0.3 is 5.97 Å². The van der Waals surface area contributed by atoms with Crippen molar-refractivity contribution < 1.29 is 9.90 Å². The molecule has 0 amide bonds. The number of aromatic carboxylic acids is 1. The normalized spacial score (nSPS) is 15.8. The first-order chi connectivity index (χ1) is 10.6. The molecule has 1 aromatic heterocycles. The highest BCUT2D eigenvalue weighted by Crippen LogP contribution is 2.26. The average molecular weight is 297 g/mol. The number of carbonyl (C=O) groups is 1. The van der Waals surface area contributed by atoms with E-state index in [0.29, 0.717) is 17.6 Å². The molecule has 0 bridgehead atoms. The third-order valence-electron chi connectivity index (χ3n) is 4.11. The molecule has 0 atom stereocenters. The molecule has 1 aliphatic heterocycles. The lowest BCUT2D eigenvalue weighted by Crippen LogP contribution is -2.34. The summed E-state index contributed by atoms with van der Waals surface area (Å²) in [4.78, 5) is 22.3. The van der Waals surface area contributed by atoms with Crippen molar-refractivity contribution >= 4 is 11.8 Å². The summed E-state index contributed by atoms with van der Waals surface area (Å²) >= 11 is 0. The van der Waals surface area contributed by atoms with Gasteiger partial charge in [0.1, 0.15) is 11.4 Å². The molecule has 0 aliphatic carbocycles. The number of nitrogens with zero attached hydrogens (tertiary/aromatic N) is 3. The van der Waals surface area contributed by atoms with Gasteiger partial charge in [0.05, 0.1) is 0 Å². The van der Waals surface area contributed by atoms with Gasteiger partial charge in [0.25, 0.3) is 0 Å². The van der Waals surface area contributed by atoms with Gasteiger partial charge in [-0.15, -0.1) is 0 Å². The number of aromatic nitrogens is 2. The minimum atomic E-state index is -0.978. The highest BCUT2D eigenvalue weighted by molar-refractivity contribution is 5.93. The van der Waals surface area contributed by atoms with E-state index in [1.54, 1.807) is 0 Å². The van der Waals surface area contributed by atoms with Gasteiger partial charge in [-0.2, -0.15) is 0 Å². The van der Waals surface area contributed by atoms with Crippen LogP contribution in [-0.4, -0.2) is 34.1 Å². The number of hydrogen-bond donors (Lipinski definition) is 1. The number of benzene rings is 1. The summed E-state index contributed by atoms with van der Waals surface area (Å²) in [5.74, 6) is 0.806. The van der Waals surface area contributed by atoms with E-state index in [1.165, 1.54) is 6.20 Å². The van der Waals surface area contributed by atoms with Crippen LogP contribution in [0.15, 0.2) is 36.5 Å². The third-order valence-corrected chi connectivity index (χ3v) is 4.11. The molecule has 0 radical (unpaired) electrons. The minimum Gasteiger partial charge on any atom is -0.477 e. The number of carboxylic acids is 1. The quantitative estimate of drug-likeness (QED) is 0.943. The summed E-state index contributed by atoms with van der Waals surface area (Å²) in [6.07, 6.45) is 3.54. The number of carboxylic acid groups (broad SMARTS) is 1. The first kappa shape index (κ1) is 14.5. The van der Waals surface area contributed by atoms with E-state index < -0.39 is 5.97 Å². The Morgan fingerprint density at radius 3 is 2.55 bits per heavy atom. The van der Waals surface area contributed by atoms with Crippen LogP contribution in [0.5, 0.6) is 0 Å². The molecular weight excluding hydrogens is 278 g/mol. The fourth-order valence-corrected chi connectivity index (χ4v) is 2.71. The zero-order chi connectivity index (χ0) is 15.5. The van der Waals surface area contributed by atoms with Crippen LogP contribution in [0.4, 0.5) is 5.82 Å². The van der Waals surface area contributed by atoms with Crippen LogP contribution in [0.1, 0.15) is 30.1 Å². The highest BCUT2D eigenvalue weighted by atomic mass is 16.4. The second-order valence-electron chi connectivity index (χ2n) is 5.77. The van der Waals surface area contributed by atoms with Crippen molar-refractivity contribution in [3.63, 3.8) is 0 Å². The van der Waals surface area contributed by atoms with E-state index in [1.807, 2.05) is 30.3 Å². The predicted molar refractivity (Wildman–Crippen MR) is 85.0 cm³/mol. The van der Waals surface area contributed by atoms with Crippen molar-refractivity contribution in [3.8, 4) is 11.4 Å². The Kier molecular flexibility index (Phi) is 4.04. The Morgan fingerprint density at radius 2 is 1.91 bits per heavy atom. The Hall–Kier alpha value is -2.43. The molecule has 5 nitrogen and oxygen atoms in total. The summed E-state index contributed by atoms with van der Waals surface area (Å²) in [7, 11) is 0. The van der Waals surface area contributed by atoms with Gasteiger partial charge in [-0.3, -0.25) is 0 Å². The second kappa shape index (κ2) is 6.13. The molecule has 22 heavy (non-hydrogen) atoms. The topological polar surface area (TPSA) is 66.3 Å². The molecule has 0 spiro atoms. The molecule has 2 aromatic rings. The molecule has 0 unspecified atom stereocenters. The zero-order valence-electron chi connectivity index (χ0n) is 12.6. The van der Waals surface area contributed by atoms with Gasteiger partial charge in [-0.1, -0.05) is 37.3 Å². The van der Waals surface area contributed by atoms with Crippen LogP contribution in [-0.2, 0) is 0 Å². The first-order valence-electron chi connectivity index (χ1n) is 7.56. The second-order valence-corrected chi connectivity index (χ2v) is 5.77. The average Bonchev–Trinajstić information content (AvgIpc) is 2.56. The Labute approximate surface area is 129 Å². The van der Waals surface area contributed by atoms with E-state index in [0.717, 1.165) is 31.5 Å². The fourth-order valence-electron chi connectivity index (χ4n) is 2.71. The van der Waals surface area contributed by atoms with E-state index in [2.05, 4.69) is 21.8 Å². The van der Waals surface area contributed by atoms with Crippen LogP contribution in [0, 0.1) is 5.92 Å².